The van der Waals surface area contributed by atoms with Gasteiger partial charge in [0.2, 0.25) is 0 Å². The van der Waals surface area contributed by atoms with E-state index in [9.17, 15) is 4.79 Å². The van der Waals surface area contributed by atoms with E-state index < -0.39 is 10.8 Å². The molecule has 0 aromatic heterocycles. The zero-order valence-electron chi connectivity index (χ0n) is 17.0. The molecule has 0 bridgehead atoms. The maximum absolute atomic E-state index is 13.1. The molecule has 3 rings (SSSR count). The standard InChI is InChI=1S/C24H28O3/c1-16-20(19-12-11-17-9-7-8-10-18(17)15-19)13-14-21(26-5)24(16,22(25)27-6)23(2,3)4/h7-15,21H,1-6H3. The zero-order chi connectivity index (χ0) is 19.8. The van der Waals surface area contributed by atoms with Crippen LogP contribution in [0, 0.1) is 10.8 Å². The second-order valence-electron chi connectivity index (χ2n) is 8.17. The van der Waals surface area contributed by atoms with Crippen molar-refractivity contribution in [2.24, 2.45) is 10.8 Å². The molecule has 0 heterocycles. The molecule has 2 atom stereocenters. The third-order valence-corrected chi connectivity index (χ3v) is 5.86. The molecule has 0 N–H and O–H groups in total. The van der Waals surface area contributed by atoms with E-state index in [0.29, 0.717) is 0 Å². The molecule has 3 nitrogen and oxygen atoms in total. The predicted molar refractivity (Wildman–Crippen MR) is 110 cm³/mol. The Morgan fingerprint density at radius 2 is 1.70 bits per heavy atom. The van der Waals surface area contributed by atoms with Gasteiger partial charge in [0, 0.05) is 7.11 Å². The summed E-state index contributed by atoms with van der Waals surface area (Å²) in [5, 5.41) is 2.38. The van der Waals surface area contributed by atoms with Crippen LogP contribution < -0.4 is 0 Å². The number of hydrogen-bond acceptors (Lipinski definition) is 3. The van der Waals surface area contributed by atoms with Gasteiger partial charge in [-0.05, 0) is 45.9 Å². The van der Waals surface area contributed by atoms with Gasteiger partial charge in [-0.2, -0.15) is 0 Å². The Morgan fingerprint density at radius 3 is 2.30 bits per heavy atom. The molecule has 27 heavy (non-hydrogen) atoms. The number of methoxy groups -OCH3 is 2. The third kappa shape index (κ3) is 2.90. The number of rotatable bonds is 3. The fourth-order valence-electron chi connectivity index (χ4n) is 4.53. The van der Waals surface area contributed by atoms with Crippen molar-refractivity contribution in [2.45, 2.75) is 33.8 Å². The Labute approximate surface area is 161 Å². The molecule has 142 valence electrons. The Morgan fingerprint density at radius 1 is 1.04 bits per heavy atom. The maximum Gasteiger partial charge on any atom is 0.319 e. The predicted octanol–water partition coefficient (Wildman–Crippen LogP) is 5.40. The summed E-state index contributed by atoms with van der Waals surface area (Å²) >= 11 is 0. The molecule has 2 aromatic rings. The van der Waals surface area contributed by atoms with Gasteiger partial charge in [-0.15, -0.1) is 0 Å². The van der Waals surface area contributed by atoms with Crippen molar-refractivity contribution in [2.75, 3.05) is 14.2 Å². The van der Waals surface area contributed by atoms with Gasteiger partial charge >= 0.3 is 5.97 Å². The molecule has 0 spiro atoms. The second kappa shape index (κ2) is 6.97. The molecule has 2 unspecified atom stereocenters. The van der Waals surface area contributed by atoms with E-state index in [2.05, 4.69) is 57.2 Å². The van der Waals surface area contributed by atoms with Gasteiger partial charge in [0.05, 0.1) is 13.2 Å². The molecule has 3 heteroatoms. The lowest BCUT2D eigenvalue weighted by Crippen LogP contribution is -2.54. The van der Waals surface area contributed by atoms with Gasteiger partial charge in [0.25, 0.3) is 0 Å². The summed E-state index contributed by atoms with van der Waals surface area (Å²) in [7, 11) is 3.09. The number of ether oxygens (including phenoxy) is 2. The highest BCUT2D eigenvalue weighted by molar-refractivity contribution is 5.93. The number of allylic oxidation sites excluding steroid dienone is 2. The molecule has 0 saturated heterocycles. The second-order valence-corrected chi connectivity index (χ2v) is 8.17. The van der Waals surface area contributed by atoms with Crippen LogP contribution in [-0.2, 0) is 14.3 Å². The van der Waals surface area contributed by atoms with Crippen LogP contribution in [0.15, 0.2) is 60.2 Å². The summed E-state index contributed by atoms with van der Waals surface area (Å²) in [4.78, 5) is 13.1. The average Bonchev–Trinajstić information content (AvgIpc) is 2.65. The van der Waals surface area contributed by atoms with Crippen LogP contribution in [0.5, 0.6) is 0 Å². The number of fused-ring (bicyclic) bond motifs is 1. The molecule has 0 amide bonds. The van der Waals surface area contributed by atoms with Crippen molar-refractivity contribution in [3.05, 3.63) is 65.8 Å². The van der Waals surface area contributed by atoms with Crippen molar-refractivity contribution in [1.82, 2.24) is 0 Å². The van der Waals surface area contributed by atoms with Crippen LogP contribution >= 0.6 is 0 Å². The number of benzene rings is 2. The zero-order valence-corrected chi connectivity index (χ0v) is 17.0. The summed E-state index contributed by atoms with van der Waals surface area (Å²) in [6, 6.07) is 14.7. The van der Waals surface area contributed by atoms with E-state index in [0.717, 1.165) is 16.7 Å². The van der Waals surface area contributed by atoms with Crippen LogP contribution in [0.3, 0.4) is 0 Å². The SMILES string of the molecule is COC(=O)C1(C(C)(C)C)C(C)=C(c2ccc3ccccc3c2)C=CC1OC. The number of esters is 1. The van der Waals surface area contributed by atoms with Crippen molar-refractivity contribution in [1.29, 1.82) is 0 Å². The largest absolute Gasteiger partial charge is 0.468 e. The van der Waals surface area contributed by atoms with Crippen LogP contribution in [0.2, 0.25) is 0 Å². The Kier molecular flexibility index (Phi) is 5.00. The number of carbonyl (C=O) groups is 1. The van der Waals surface area contributed by atoms with Gasteiger partial charge < -0.3 is 9.47 Å². The minimum atomic E-state index is -0.897. The fourth-order valence-corrected chi connectivity index (χ4v) is 4.53. The lowest BCUT2D eigenvalue weighted by atomic mass is 9.56. The highest BCUT2D eigenvalue weighted by atomic mass is 16.5. The fraction of sp³-hybridized carbons (Fsp3) is 0.375. The molecular weight excluding hydrogens is 336 g/mol. The monoisotopic (exact) mass is 364 g/mol. The maximum atomic E-state index is 13.1. The van der Waals surface area contributed by atoms with E-state index in [-0.39, 0.29) is 12.1 Å². The minimum absolute atomic E-state index is 0.262. The summed E-state index contributed by atoms with van der Waals surface area (Å²) in [6.07, 6.45) is 3.68. The van der Waals surface area contributed by atoms with E-state index >= 15 is 0 Å². The van der Waals surface area contributed by atoms with Crippen LogP contribution in [-0.4, -0.2) is 26.3 Å². The van der Waals surface area contributed by atoms with Crippen LogP contribution in [0.25, 0.3) is 16.3 Å². The normalized spacial score (nSPS) is 23.0. The molecule has 1 aliphatic rings. The van der Waals surface area contributed by atoms with Gasteiger partial charge in [-0.3, -0.25) is 4.79 Å². The first kappa shape index (κ1) is 19.4. The summed E-state index contributed by atoms with van der Waals surface area (Å²) in [6.45, 7) is 8.23. The average molecular weight is 364 g/mol. The molecule has 1 aliphatic carbocycles. The first-order valence-electron chi connectivity index (χ1n) is 9.27. The third-order valence-electron chi connectivity index (χ3n) is 5.86. The molecule has 0 radical (unpaired) electrons. The van der Waals surface area contributed by atoms with Crippen molar-refractivity contribution < 1.29 is 14.3 Å². The van der Waals surface area contributed by atoms with Gasteiger partial charge in [-0.1, -0.05) is 69.3 Å². The Bertz CT molecular complexity index is 930. The lowest BCUT2D eigenvalue weighted by molar-refractivity contribution is -0.165. The first-order valence-corrected chi connectivity index (χ1v) is 9.27. The Balaban J connectivity index is 2.28. The van der Waals surface area contributed by atoms with Crippen LogP contribution in [0.4, 0.5) is 0 Å². The van der Waals surface area contributed by atoms with Crippen molar-refractivity contribution in [3.63, 3.8) is 0 Å². The molecule has 0 aliphatic heterocycles. The topological polar surface area (TPSA) is 35.5 Å². The van der Waals surface area contributed by atoms with E-state index in [4.69, 9.17) is 9.47 Å². The van der Waals surface area contributed by atoms with Crippen LogP contribution in [0.1, 0.15) is 33.3 Å². The number of hydrogen-bond donors (Lipinski definition) is 0. The highest BCUT2D eigenvalue weighted by Gasteiger charge is 2.57. The molecule has 2 aromatic carbocycles. The summed E-state index contributed by atoms with van der Waals surface area (Å²) < 4.78 is 11.0. The van der Waals surface area contributed by atoms with E-state index in [1.165, 1.54) is 17.9 Å². The van der Waals surface area contributed by atoms with Crippen molar-refractivity contribution >= 4 is 22.3 Å². The Hall–Kier alpha value is -2.39. The van der Waals surface area contributed by atoms with E-state index in [1.807, 2.05) is 25.1 Å². The summed E-state index contributed by atoms with van der Waals surface area (Å²) in [5.41, 5.74) is 1.83. The van der Waals surface area contributed by atoms with Crippen molar-refractivity contribution in [3.8, 4) is 0 Å². The van der Waals surface area contributed by atoms with E-state index in [1.54, 1.807) is 7.11 Å². The summed E-state index contributed by atoms with van der Waals surface area (Å²) in [5.74, 6) is -0.262. The lowest BCUT2D eigenvalue weighted by Gasteiger charge is -2.48. The van der Waals surface area contributed by atoms with Gasteiger partial charge in [0.1, 0.15) is 5.41 Å². The first-order chi connectivity index (χ1) is 12.8. The molecule has 0 saturated carbocycles. The molecule has 0 fully saturated rings. The van der Waals surface area contributed by atoms with Gasteiger partial charge in [0.15, 0.2) is 0 Å². The molecular formula is C24H28O3. The minimum Gasteiger partial charge on any atom is -0.468 e. The highest BCUT2D eigenvalue weighted by Crippen LogP contribution is 2.54. The van der Waals surface area contributed by atoms with Gasteiger partial charge in [-0.25, -0.2) is 0 Å². The smallest absolute Gasteiger partial charge is 0.319 e. The quantitative estimate of drug-likeness (QED) is 0.684. The number of carbonyl (C=O) groups excluding carboxylic acids is 1.